The molecule has 1 aromatic carbocycles. The molecule has 2 amide bonds. The van der Waals surface area contributed by atoms with Crippen molar-refractivity contribution >= 4 is 17.9 Å². The van der Waals surface area contributed by atoms with Crippen molar-refractivity contribution in [2.75, 3.05) is 19.0 Å². The first kappa shape index (κ1) is 13.4. The third kappa shape index (κ3) is 4.45. The van der Waals surface area contributed by atoms with E-state index in [1.807, 2.05) is 0 Å². The second-order valence-electron chi connectivity index (χ2n) is 3.07. The Balaban J connectivity index is 2.62. The highest BCUT2D eigenvalue weighted by atomic mass is 16.6. The van der Waals surface area contributed by atoms with Crippen LogP contribution in [0, 0.1) is 12.3 Å². The Kier molecular flexibility index (Phi) is 5.06. The number of terminal acetylenes is 1. The van der Waals surface area contributed by atoms with E-state index >= 15 is 0 Å². The standard InChI is InChI=1S/C12H12N2O4/c1-3-7-17-12(16)14-9-5-4-6-10(8-9)18-11(15)13-2/h1,4-6,8H,7H2,2H3,(H,13,15)(H,14,16). The minimum Gasteiger partial charge on any atom is -0.436 e. The molecule has 94 valence electrons. The summed E-state index contributed by atoms with van der Waals surface area (Å²) in [7, 11) is 1.45. The van der Waals surface area contributed by atoms with Crippen LogP contribution >= 0.6 is 0 Å². The van der Waals surface area contributed by atoms with Gasteiger partial charge in [-0.1, -0.05) is 12.0 Å². The first-order valence-electron chi connectivity index (χ1n) is 5.02. The largest absolute Gasteiger partial charge is 0.436 e. The van der Waals surface area contributed by atoms with Gasteiger partial charge < -0.3 is 14.8 Å². The average molecular weight is 248 g/mol. The van der Waals surface area contributed by atoms with Gasteiger partial charge in [0.2, 0.25) is 0 Å². The maximum absolute atomic E-state index is 11.2. The highest BCUT2D eigenvalue weighted by Gasteiger charge is 2.05. The first-order chi connectivity index (χ1) is 8.65. The van der Waals surface area contributed by atoms with Crippen molar-refractivity contribution in [3.8, 4) is 18.1 Å². The molecule has 0 unspecified atom stereocenters. The summed E-state index contributed by atoms with van der Waals surface area (Å²) in [6.07, 6.45) is 3.67. The fraction of sp³-hybridized carbons (Fsp3) is 0.167. The fourth-order valence-electron chi connectivity index (χ4n) is 1.06. The van der Waals surface area contributed by atoms with Gasteiger partial charge in [0, 0.05) is 18.8 Å². The molecule has 0 aliphatic carbocycles. The van der Waals surface area contributed by atoms with Gasteiger partial charge >= 0.3 is 12.2 Å². The molecule has 1 aromatic rings. The van der Waals surface area contributed by atoms with Gasteiger partial charge in [-0.15, -0.1) is 6.42 Å². The summed E-state index contributed by atoms with van der Waals surface area (Å²) in [6.45, 7) is -0.111. The number of carbonyl (C=O) groups is 2. The lowest BCUT2D eigenvalue weighted by atomic mass is 10.3. The maximum atomic E-state index is 11.2. The average Bonchev–Trinajstić information content (AvgIpc) is 2.36. The zero-order chi connectivity index (χ0) is 13.4. The van der Waals surface area contributed by atoms with Crippen molar-refractivity contribution in [2.45, 2.75) is 0 Å². The lowest BCUT2D eigenvalue weighted by Gasteiger charge is -2.07. The molecule has 1 rings (SSSR count). The third-order valence-electron chi connectivity index (χ3n) is 1.78. The molecular weight excluding hydrogens is 236 g/mol. The molecule has 0 aliphatic rings. The van der Waals surface area contributed by atoms with Crippen molar-refractivity contribution in [1.29, 1.82) is 0 Å². The van der Waals surface area contributed by atoms with Crippen LogP contribution in [0.3, 0.4) is 0 Å². The second kappa shape index (κ2) is 6.81. The van der Waals surface area contributed by atoms with E-state index in [1.54, 1.807) is 18.2 Å². The van der Waals surface area contributed by atoms with E-state index in [2.05, 4.69) is 21.3 Å². The molecule has 0 atom stereocenters. The van der Waals surface area contributed by atoms with Crippen LogP contribution in [-0.4, -0.2) is 25.8 Å². The summed E-state index contributed by atoms with van der Waals surface area (Å²) in [5.74, 6) is 2.46. The Labute approximate surface area is 104 Å². The smallest absolute Gasteiger partial charge is 0.412 e. The SMILES string of the molecule is C#CCOC(=O)Nc1cccc(OC(=O)NC)c1. The van der Waals surface area contributed by atoms with E-state index in [4.69, 9.17) is 11.2 Å². The molecule has 6 heteroatoms. The van der Waals surface area contributed by atoms with Crippen LogP contribution < -0.4 is 15.4 Å². The zero-order valence-electron chi connectivity index (χ0n) is 9.73. The van der Waals surface area contributed by atoms with Gasteiger partial charge in [0.1, 0.15) is 5.75 Å². The number of ether oxygens (including phenoxy) is 2. The van der Waals surface area contributed by atoms with Gasteiger partial charge in [0.25, 0.3) is 0 Å². The van der Waals surface area contributed by atoms with E-state index in [0.717, 1.165) is 0 Å². The van der Waals surface area contributed by atoms with Crippen LogP contribution in [0.15, 0.2) is 24.3 Å². The molecule has 18 heavy (non-hydrogen) atoms. The number of anilines is 1. The van der Waals surface area contributed by atoms with E-state index < -0.39 is 12.2 Å². The predicted octanol–water partition coefficient (Wildman–Crippen LogP) is 1.59. The highest BCUT2D eigenvalue weighted by molar-refractivity contribution is 5.85. The summed E-state index contributed by atoms with van der Waals surface area (Å²) in [4.78, 5) is 22.2. The van der Waals surface area contributed by atoms with Crippen LogP contribution in [0.4, 0.5) is 15.3 Å². The molecular formula is C12H12N2O4. The Morgan fingerprint density at radius 2 is 2.17 bits per heavy atom. The van der Waals surface area contributed by atoms with Crippen LogP contribution in [-0.2, 0) is 4.74 Å². The van der Waals surface area contributed by atoms with E-state index in [1.165, 1.54) is 13.1 Å². The van der Waals surface area contributed by atoms with Gasteiger partial charge in [-0.2, -0.15) is 0 Å². The lowest BCUT2D eigenvalue weighted by molar-refractivity contribution is 0.176. The topological polar surface area (TPSA) is 76.7 Å². The van der Waals surface area contributed by atoms with Crippen molar-refractivity contribution < 1.29 is 19.1 Å². The van der Waals surface area contributed by atoms with E-state index in [0.29, 0.717) is 11.4 Å². The number of amides is 2. The predicted molar refractivity (Wildman–Crippen MR) is 65.3 cm³/mol. The molecule has 0 aliphatic heterocycles. The van der Waals surface area contributed by atoms with E-state index in [-0.39, 0.29) is 6.61 Å². The maximum Gasteiger partial charge on any atom is 0.412 e. The van der Waals surface area contributed by atoms with Crippen molar-refractivity contribution in [3.05, 3.63) is 24.3 Å². The molecule has 0 fully saturated rings. The number of nitrogens with one attached hydrogen (secondary N) is 2. The Hall–Kier alpha value is -2.68. The minimum atomic E-state index is -0.676. The fourth-order valence-corrected chi connectivity index (χ4v) is 1.06. The van der Waals surface area contributed by atoms with Crippen molar-refractivity contribution in [1.82, 2.24) is 5.32 Å². The molecule has 6 nitrogen and oxygen atoms in total. The van der Waals surface area contributed by atoms with Gasteiger partial charge in [-0.25, -0.2) is 9.59 Å². The molecule has 0 aromatic heterocycles. The molecule has 0 bridgehead atoms. The van der Waals surface area contributed by atoms with Gasteiger partial charge in [-0.05, 0) is 12.1 Å². The molecule has 0 heterocycles. The van der Waals surface area contributed by atoms with Gasteiger partial charge in [-0.3, -0.25) is 5.32 Å². The number of hydrogen-bond acceptors (Lipinski definition) is 4. The number of hydrogen-bond donors (Lipinski definition) is 2. The summed E-state index contributed by atoms with van der Waals surface area (Å²) in [6, 6.07) is 6.29. The summed E-state index contributed by atoms with van der Waals surface area (Å²) in [5.41, 5.74) is 0.429. The van der Waals surface area contributed by atoms with Crippen LogP contribution in [0.25, 0.3) is 0 Å². The summed E-state index contributed by atoms with van der Waals surface area (Å²) >= 11 is 0. The normalized spacial score (nSPS) is 8.89. The lowest BCUT2D eigenvalue weighted by Crippen LogP contribution is -2.22. The zero-order valence-corrected chi connectivity index (χ0v) is 9.73. The monoisotopic (exact) mass is 248 g/mol. The molecule has 0 radical (unpaired) electrons. The Morgan fingerprint density at radius 1 is 1.39 bits per heavy atom. The van der Waals surface area contributed by atoms with Crippen LogP contribution in [0.2, 0.25) is 0 Å². The summed E-state index contributed by atoms with van der Waals surface area (Å²) in [5, 5.41) is 4.75. The quantitative estimate of drug-likeness (QED) is 0.796. The number of carbonyl (C=O) groups excluding carboxylic acids is 2. The highest BCUT2D eigenvalue weighted by Crippen LogP contribution is 2.17. The van der Waals surface area contributed by atoms with Crippen LogP contribution in [0.5, 0.6) is 5.75 Å². The summed E-state index contributed by atoms with van der Waals surface area (Å²) < 4.78 is 9.52. The molecule has 0 saturated heterocycles. The second-order valence-corrected chi connectivity index (χ2v) is 3.07. The van der Waals surface area contributed by atoms with Gasteiger partial charge in [0.15, 0.2) is 6.61 Å². The Bertz CT molecular complexity index is 479. The number of benzene rings is 1. The Morgan fingerprint density at radius 3 is 2.83 bits per heavy atom. The van der Waals surface area contributed by atoms with Gasteiger partial charge in [0.05, 0.1) is 0 Å². The van der Waals surface area contributed by atoms with Crippen molar-refractivity contribution in [2.24, 2.45) is 0 Å². The third-order valence-corrected chi connectivity index (χ3v) is 1.78. The molecule has 0 spiro atoms. The van der Waals surface area contributed by atoms with Crippen LogP contribution in [0.1, 0.15) is 0 Å². The first-order valence-corrected chi connectivity index (χ1v) is 5.02. The van der Waals surface area contributed by atoms with Crippen molar-refractivity contribution in [3.63, 3.8) is 0 Å². The number of rotatable bonds is 3. The molecule has 0 saturated carbocycles. The van der Waals surface area contributed by atoms with E-state index in [9.17, 15) is 9.59 Å². The molecule has 2 N–H and O–H groups in total. The minimum absolute atomic E-state index is 0.111.